The summed E-state index contributed by atoms with van der Waals surface area (Å²) >= 11 is 0. The van der Waals surface area contributed by atoms with Crippen LogP contribution in [0.2, 0.25) is 0 Å². The van der Waals surface area contributed by atoms with Crippen molar-refractivity contribution in [1.82, 2.24) is 14.8 Å². The molecule has 150 valence electrons. The predicted molar refractivity (Wildman–Crippen MR) is 115 cm³/mol. The van der Waals surface area contributed by atoms with Gasteiger partial charge < -0.3 is 9.80 Å². The maximum atomic E-state index is 12.5. The number of anilines is 1. The molecule has 0 unspecified atom stereocenters. The van der Waals surface area contributed by atoms with E-state index in [4.69, 9.17) is 0 Å². The lowest BCUT2D eigenvalue weighted by Gasteiger charge is -2.37. The number of aromatic nitrogens is 1. The lowest BCUT2D eigenvalue weighted by atomic mass is 10.1. The average Bonchev–Trinajstić information content (AvgIpc) is 2.73. The van der Waals surface area contributed by atoms with Crippen LogP contribution in [0.5, 0.6) is 0 Å². The van der Waals surface area contributed by atoms with Crippen molar-refractivity contribution in [3.63, 3.8) is 0 Å². The van der Waals surface area contributed by atoms with Crippen molar-refractivity contribution in [2.24, 2.45) is 0 Å². The van der Waals surface area contributed by atoms with Crippen molar-refractivity contribution >= 4 is 11.6 Å². The first-order valence-electron chi connectivity index (χ1n) is 10.2. The van der Waals surface area contributed by atoms with E-state index < -0.39 is 0 Å². The van der Waals surface area contributed by atoms with Gasteiger partial charge in [-0.1, -0.05) is 12.1 Å². The lowest BCUT2D eigenvalue weighted by Crippen LogP contribution is -2.47. The molecule has 0 atom stereocenters. The van der Waals surface area contributed by atoms with Crippen LogP contribution in [0.4, 0.5) is 5.69 Å². The number of aryl methyl sites for hydroxylation is 1. The zero-order valence-corrected chi connectivity index (χ0v) is 17.4. The monoisotopic (exact) mass is 380 g/mol. The van der Waals surface area contributed by atoms with Crippen LogP contribution in [0, 0.1) is 13.8 Å². The highest BCUT2D eigenvalue weighted by molar-refractivity contribution is 5.76. The van der Waals surface area contributed by atoms with E-state index in [1.807, 2.05) is 24.1 Å². The standard InChI is InChI=1S/C23H32N4O/c1-19-5-4-6-22(20(19)2)27-17-15-26(16-18-27)14-10-23(28)25(3)13-9-21-7-11-24-12-8-21/h4-8,11-12H,9-10,13-18H2,1-3H3. The number of piperazine rings is 1. The van der Waals surface area contributed by atoms with Gasteiger partial charge in [0.2, 0.25) is 5.91 Å². The summed E-state index contributed by atoms with van der Waals surface area (Å²) in [5, 5.41) is 0. The summed E-state index contributed by atoms with van der Waals surface area (Å²) in [4.78, 5) is 23.2. The topological polar surface area (TPSA) is 39.7 Å². The number of benzene rings is 1. The van der Waals surface area contributed by atoms with E-state index in [2.05, 4.69) is 46.8 Å². The maximum Gasteiger partial charge on any atom is 0.223 e. The Morgan fingerprint density at radius 2 is 1.79 bits per heavy atom. The fourth-order valence-electron chi connectivity index (χ4n) is 3.71. The number of carbonyl (C=O) groups excluding carboxylic acids is 1. The number of likely N-dealkylation sites (N-methyl/N-ethyl adjacent to an activating group) is 1. The highest BCUT2D eigenvalue weighted by Crippen LogP contribution is 2.23. The molecule has 0 N–H and O–H groups in total. The SMILES string of the molecule is Cc1cccc(N2CCN(CCC(=O)N(C)CCc3ccncc3)CC2)c1C. The molecule has 1 aliphatic heterocycles. The van der Waals surface area contributed by atoms with Crippen LogP contribution in [0.15, 0.2) is 42.7 Å². The zero-order valence-electron chi connectivity index (χ0n) is 17.4. The molecule has 0 saturated carbocycles. The van der Waals surface area contributed by atoms with E-state index in [9.17, 15) is 4.79 Å². The summed E-state index contributed by atoms with van der Waals surface area (Å²) in [6.07, 6.45) is 5.07. The molecule has 2 heterocycles. The van der Waals surface area contributed by atoms with Gasteiger partial charge in [0.25, 0.3) is 0 Å². The van der Waals surface area contributed by atoms with E-state index in [0.29, 0.717) is 6.42 Å². The van der Waals surface area contributed by atoms with Crippen molar-refractivity contribution in [3.8, 4) is 0 Å². The number of carbonyl (C=O) groups is 1. The third-order valence-electron chi connectivity index (χ3n) is 5.84. The second-order valence-electron chi connectivity index (χ2n) is 7.72. The molecule has 2 aromatic rings. The third kappa shape index (κ3) is 5.32. The molecule has 28 heavy (non-hydrogen) atoms. The summed E-state index contributed by atoms with van der Waals surface area (Å²) in [6.45, 7) is 10.1. The summed E-state index contributed by atoms with van der Waals surface area (Å²) in [7, 11) is 1.90. The number of hydrogen-bond donors (Lipinski definition) is 0. The molecule has 1 aromatic carbocycles. The van der Waals surface area contributed by atoms with Crippen LogP contribution in [0.25, 0.3) is 0 Å². The fourth-order valence-corrected chi connectivity index (χ4v) is 3.71. The van der Waals surface area contributed by atoms with E-state index in [1.165, 1.54) is 22.4 Å². The first-order chi connectivity index (χ1) is 13.5. The van der Waals surface area contributed by atoms with E-state index in [-0.39, 0.29) is 5.91 Å². The molecule has 1 aromatic heterocycles. The first-order valence-corrected chi connectivity index (χ1v) is 10.2. The molecule has 5 heteroatoms. The minimum atomic E-state index is 0.228. The summed E-state index contributed by atoms with van der Waals surface area (Å²) in [5.41, 5.74) is 5.30. The van der Waals surface area contributed by atoms with Crippen molar-refractivity contribution in [2.75, 3.05) is 51.2 Å². The van der Waals surface area contributed by atoms with E-state index >= 15 is 0 Å². The summed E-state index contributed by atoms with van der Waals surface area (Å²) in [6, 6.07) is 10.6. The number of hydrogen-bond acceptors (Lipinski definition) is 4. The van der Waals surface area contributed by atoms with Crippen LogP contribution in [-0.4, -0.2) is 67.0 Å². The molecule has 5 nitrogen and oxygen atoms in total. The minimum absolute atomic E-state index is 0.228. The minimum Gasteiger partial charge on any atom is -0.369 e. The number of amides is 1. The smallest absolute Gasteiger partial charge is 0.223 e. The van der Waals surface area contributed by atoms with Gasteiger partial charge in [-0.3, -0.25) is 14.7 Å². The van der Waals surface area contributed by atoms with Gasteiger partial charge in [-0.05, 0) is 55.2 Å². The second kappa shape index (κ2) is 9.69. The predicted octanol–water partition coefficient (Wildman–Crippen LogP) is 2.91. The molecule has 0 spiro atoms. The molecular weight excluding hydrogens is 348 g/mol. The lowest BCUT2D eigenvalue weighted by molar-refractivity contribution is -0.130. The van der Waals surface area contributed by atoms with Crippen molar-refractivity contribution in [3.05, 3.63) is 59.4 Å². The van der Waals surface area contributed by atoms with Crippen molar-refractivity contribution < 1.29 is 4.79 Å². The molecule has 1 fully saturated rings. The number of nitrogens with zero attached hydrogens (tertiary/aromatic N) is 4. The Labute approximate surface area is 169 Å². The van der Waals surface area contributed by atoms with Crippen molar-refractivity contribution in [2.45, 2.75) is 26.7 Å². The summed E-state index contributed by atoms with van der Waals surface area (Å²) in [5.74, 6) is 0.228. The van der Waals surface area contributed by atoms with Gasteiger partial charge in [-0.15, -0.1) is 0 Å². The van der Waals surface area contributed by atoms with Crippen LogP contribution in [-0.2, 0) is 11.2 Å². The molecule has 0 bridgehead atoms. The molecule has 0 aliphatic carbocycles. The Bertz CT molecular complexity index is 769. The maximum absolute atomic E-state index is 12.5. The number of pyridine rings is 1. The van der Waals surface area contributed by atoms with E-state index in [1.54, 1.807) is 12.4 Å². The van der Waals surface area contributed by atoms with Gasteiger partial charge in [-0.2, -0.15) is 0 Å². The molecular formula is C23H32N4O. The largest absolute Gasteiger partial charge is 0.369 e. The van der Waals surface area contributed by atoms with Crippen LogP contribution in [0.1, 0.15) is 23.1 Å². The number of rotatable bonds is 7. The second-order valence-corrected chi connectivity index (χ2v) is 7.72. The Kier molecular flexibility index (Phi) is 7.04. The van der Waals surface area contributed by atoms with Gasteiger partial charge in [0.1, 0.15) is 0 Å². The Morgan fingerprint density at radius 3 is 2.50 bits per heavy atom. The molecule has 1 saturated heterocycles. The normalized spacial score (nSPS) is 14.9. The van der Waals surface area contributed by atoms with Crippen LogP contribution in [0.3, 0.4) is 0 Å². The molecule has 3 rings (SSSR count). The zero-order chi connectivity index (χ0) is 19.9. The van der Waals surface area contributed by atoms with Gasteiger partial charge in [0, 0.05) is 70.8 Å². The Balaban J connectivity index is 1.40. The first kappa shape index (κ1) is 20.3. The highest BCUT2D eigenvalue weighted by atomic mass is 16.2. The van der Waals surface area contributed by atoms with Gasteiger partial charge >= 0.3 is 0 Å². The van der Waals surface area contributed by atoms with Gasteiger partial charge in [0.15, 0.2) is 0 Å². The third-order valence-corrected chi connectivity index (χ3v) is 5.84. The van der Waals surface area contributed by atoms with Crippen molar-refractivity contribution in [1.29, 1.82) is 0 Å². The van der Waals surface area contributed by atoms with Crippen LogP contribution < -0.4 is 4.90 Å². The fraction of sp³-hybridized carbons (Fsp3) is 0.478. The van der Waals surface area contributed by atoms with Gasteiger partial charge in [0.05, 0.1) is 0 Å². The van der Waals surface area contributed by atoms with E-state index in [0.717, 1.165) is 45.7 Å². The molecule has 1 aliphatic rings. The molecule has 1 amide bonds. The van der Waals surface area contributed by atoms with Crippen LogP contribution >= 0.6 is 0 Å². The summed E-state index contributed by atoms with van der Waals surface area (Å²) < 4.78 is 0. The Morgan fingerprint density at radius 1 is 1.07 bits per heavy atom. The quantitative estimate of drug-likeness (QED) is 0.740. The van der Waals surface area contributed by atoms with Gasteiger partial charge in [-0.25, -0.2) is 0 Å². The average molecular weight is 381 g/mol. The highest BCUT2D eigenvalue weighted by Gasteiger charge is 2.20. The Hall–Kier alpha value is -2.40. The molecule has 0 radical (unpaired) electrons.